The second-order valence-corrected chi connectivity index (χ2v) is 19.4. The third-order valence-electron chi connectivity index (χ3n) is 10.9. The molecule has 394 valence electrons. The maximum absolute atomic E-state index is 14.3. The largest absolute Gasteiger partial charge is 1.00 e. The van der Waals surface area contributed by atoms with Crippen molar-refractivity contribution in [2.45, 2.75) is 81.7 Å². The number of nitrogens with one attached hydrogen (secondary N) is 8. The van der Waals surface area contributed by atoms with Crippen LogP contribution in [0.15, 0.2) is 85.1 Å². The van der Waals surface area contributed by atoms with E-state index in [0.29, 0.717) is 33.6 Å². The summed E-state index contributed by atoms with van der Waals surface area (Å²) in [4.78, 5) is 122. The Balaban J connectivity index is 0.0000144. The zero-order valence-electron chi connectivity index (χ0n) is 41.0. The molecule has 0 aliphatic heterocycles. The van der Waals surface area contributed by atoms with Crippen molar-refractivity contribution in [1.82, 2.24) is 42.2 Å². The smallest absolute Gasteiger partial charge is 0.716 e. The molecule has 4 rings (SSSR count). The number of fused-ring (bicyclic) bond motifs is 1. The molecule has 0 fully saturated rings. The minimum absolute atomic E-state index is 0. The van der Waals surface area contributed by atoms with Crippen molar-refractivity contribution in [1.29, 1.82) is 0 Å². The van der Waals surface area contributed by atoms with Crippen LogP contribution in [0.5, 0.6) is 5.75 Å². The van der Waals surface area contributed by atoms with Gasteiger partial charge < -0.3 is 61.8 Å². The van der Waals surface area contributed by atoms with E-state index in [0.717, 1.165) is 5.52 Å². The van der Waals surface area contributed by atoms with Gasteiger partial charge in [-0.15, -0.1) is 0 Å². The third kappa shape index (κ3) is 21.4. The molecule has 74 heavy (non-hydrogen) atoms. The number of carboxylic acid groups (broad SMARTS) is 1. The number of hydrogen-bond acceptors (Lipinski definition) is 15. The Kier molecular flexibility index (Phi) is 25.9. The zero-order chi connectivity index (χ0) is 53.7. The number of para-hydroxylation sites is 1. The molecule has 0 saturated heterocycles. The zero-order valence-corrected chi connectivity index (χ0v) is 45.4. The van der Waals surface area contributed by atoms with Gasteiger partial charge in [0.05, 0.1) is 13.0 Å². The van der Waals surface area contributed by atoms with E-state index in [2.05, 4.69) is 46.4 Å². The normalized spacial score (nSPS) is 13.5. The summed E-state index contributed by atoms with van der Waals surface area (Å²) < 4.78 is 37.3. The van der Waals surface area contributed by atoms with Crippen LogP contribution < -0.4 is 76.7 Å². The van der Waals surface area contributed by atoms with E-state index in [-0.39, 0.29) is 67.4 Å². The van der Waals surface area contributed by atoms with Gasteiger partial charge in [-0.25, -0.2) is 8.42 Å². The van der Waals surface area contributed by atoms with Crippen molar-refractivity contribution in [3.05, 3.63) is 102 Å². The molecular formula is C47H58N9NaO14S3. The predicted octanol–water partition coefficient (Wildman–Crippen LogP) is -3.45. The first-order valence-electron chi connectivity index (χ1n) is 22.5. The SMILES string of the molecule is CSCC[C@H](NC(=O)[C@H](Cc1ccc(OS(=O)(=O)[O-])cc1)NC(C)=O)C(=O)NCC(=O)N[C@@H](Cc1c[nH]c2ccccc12)C(=O)N[C@H](CCSC)C(=O)N[C@@H](CC(=O)O)C(=O)N[C@@H](Cc1ccccc1)C(N)=O.[Na+]. The summed E-state index contributed by atoms with van der Waals surface area (Å²) >= 11 is 2.69. The fourth-order valence-corrected chi connectivity index (χ4v) is 8.60. The van der Waals surface area contributed by atoms with Gasteiger partial charge in [0.1, 0.15) is 42.0 Å². The predicted molar refractivity (Wildman–Crippen MR) is 270 cm³/mol. The first-order valence-corrected chi connectivity index (χ1v) is 26.7. The quantitative estimate of drug-likeness (QED) is 0.0138. The van der Waals surface area contributed by atoms with Gasteiger partial charge in [0, 0.05) is 43.3 Å². The number of benzene rings is 3. The van der Waals surface area contributed by atoms with Gasteiger partial charge in [0.25, 0.3) is 10.4 Å². The van der Waals surface area contributed by atoms with Crippen LogP contribution in [0, 0.1) is 0 Å². The molecule has 0 bridgehead atoms. The number of carbonyl (C=O) groups is 9. The maximum Gasteiger partial charge on any atom is 1.00 e. The number of primary amides is 1. The van der Waals surface area contributed by atoms with Gasteiger partial charge >= 0.3 is 35.5 Å². The fourth-order valence-electron chi connectivity index (χ4n) is 7.31. The van der Waals surface area contributed by atoms with Crippen LogP contribution in [0.1, 0.15) is 42.9 Å². The van der Waals surface area contributed by atoms with E-state index in [9.17, 15) is 61.2 Å². The molecule has 8 amide bonds. The van der Waals surface area contributed by atoms with Crippen LogP contribution >= 0.6 is 23.5 Å². The van der Waals surface area contributed by atoms with Crippen LogP contribution in [-0.4, -0.2) is 143 Å². The molecule has 0 saturated carbocycles. The van der Waals surface area contributed by atoms with Crippen molar-refractivity contribution in [3.63, 3.8) is 0 Å². The van der Waals surface area contributed by atoms with Gasteiger partial charge in [-0.1, -0.05) is 60.7 Å². The number of aromatic nitrogens is 1. The topological polar surface area (TPSA) is 366 Å². The molecule has 0 unspecified atom stereocenters. The molecule has 27 heteroatoms. The van der Waals surface area contributed by atoms with E-state index < -0.39 is 113 Å². The van der Waals surface area contributed by atoms with E-state index in [1.807, 2.05) is 0 Å². The number of hydrogen-bond donors (Lipinski definition) is 10. The van der Waals surface area contributed by atoms with Crippen molar-refractivity contribution < 1.29 is 95.0 Å². The standard InChI is InChI=1S/C47H59N9O14S3.Na/c1-27(57)51-37(22-29-13-15-31(16-14-29)70-73(67,68)69)45(64)53-34(17-19-71-2)43(62)50-26-40(58)52-38(23-30-25-49-33-12-8-7-11-32(30)33)46(65)54-35(18-20-72-3)44(63)56-39(24-41(59)60)47(66)55-36(42(48)61)21-28-9-5-4-6-10-28;/h4-16,25,34-39,49H,17-24,26H2,1-3H3,(H2,48,61)(H,50,62)(H,51,57)(H,52,58)(H,53,64)(H,54,65)(H,55,66)(H,56,63)(H,59,60)(H,67,68,69);/q;+1/p-1/t34-,35+,36-,37-,38-,39-;/m0./s1. The van der Waals surface area contributed by atoms with E-state index in [1.165, 1.54) is 54.7 Å². The molecule has 0 spiro atoms. The Hall–Kier alpha value is -6.16. The monoisotopic (exact) mass is 1090 g/mol. The Bertz CT molecular complexity index is 2700. The van der Waals surface area contributed by atoms with Crippen LogP contribution in [0.3, 0.4) is 0 Å². The molecule has 0 aliphatic rings. The number of aromatic amines is 1. The first-order chi connectivity index (χ1) is 34.7. The Morgan fingerprint density at radius 3 is 1.72 bits per heavy atom. The van der Waals surface area contributed by atoms with Crippen molar-refractivity contribution >= 4 is 98.1 Å². The van der Waals surface area contributed by atoms with Gasteiger partial charge in [-0.2, -0.15) is 23.5 Å². The molecular weight excluding hydrogens is 1030 g/mol. The van der Waals surface area contributed by atoms with Crippen LogP contribution in [0.25, 0.3) is 10.9 Å². The Labute approximate surface area is 457 Å². The minimum atomic E-state index is -5.04. The number of carboxylic acids is 1. The summed E-state index contributed by atoms with van der Waals surface area (Å²) in [6, 6.07) is 12.7. The summed E-state index contributed by atoms with van der Waals surface area (Å²) in [6.45, 7) is 0.484. The van der Waals surface area contributed by atoms with Crippen molar-refractivity contribution in [2.75, 3.05) is 30.6 Å². The van der Waals surface area contributed by atoms with E-state index in [4.69, 9.17) is 5.73 Å². The van der Waals surface area contributed by atoms with E-state index in [1.54, 1.807) is 73.3 Å². The number of nitrogens with two attached hydrogens (primary N) is 1. The molecule has 0 radical (unpaired) electrons. The summed E-state index contributed by atoms with van der Waals surface area (Å²) in [5, 5.41) is 28.1. The van der Waals surface area contributed by atoms with Crippen molar-refractivity contribution in [3.8, 4) is 5.75 Å². The molecule has 3 aromatic carbocycles. The van der Waals surface area contributed by atoms with Crippen LogP contribution in [0.4, 0.5) is 0 Å². The number of amides is 8. The van der Waals surface area contributed by atoms with Gasteiger partial charge in [0.15, 0.2) is 0 Å². The maximum atomic E-state index is 14.3. The second-order valence-electron chi connectivity index (χ2n) is 16.5. The summed E-state index contributed by atoms with van der Waals surface area (Å²) in [6.07, 6.45) is 4.06. The van der Waals surface area contributed by atoms with E-state index >= 15 is 0 Å². The molecule has 0 aliphatic carbocycles. The third-order valence-corrected chi connectivity index (χ3v) is 12.6. The molecule has 23 nitrogen and oxygen atoms in total. The number of thioether (sulfide) groups is 2. The number of aliphatic carboxylic acids is 1. The Morgan fingerprint density at radius 1 is 0.649 bits per heavy atom. The van der Waals surface area contributed by atoms with Crippen LogP contribution in [-0.2, 0) is 72.8 Å². The first kappa shape index (κ1) is 62.1. The van der Waals surface area contributed by atoms with Gasteiger partial charge in [-0.3, -0.25) is 43.2 Å². The minimum Gasteiger partial charge on any atom is -0.716 e. The van der Waals surface area contributed by atoms with Gasteiger partial charge in [-0.05, 0) is 71.7 Å². The molecule has 6 atom stereocenters. The fraction of sp³-hybridized carbons (Fsp3) is 0.383. The molecule has 11 N–H and O–H groups in total. The second kappa shape index (κ2) is 30.9. The van der Waals surface area contributed by atoms with Crippen LogP contribution in [0.2, 0.25) is 0 Å². The number of rotatable bonds is 30. The average molecular weight is 1090 g/mol. The Morgan fingerprint density at radius 2 is 1.15 bits per heavy atom. The summed E-state index contributed by atoms with van der Waals surface area (Å²) in [5.41, 5.74) is 7.95. The van der Waals surface area contributed by atoms with Gasteiger partial charge in [0.2, 0.25) is 47.3 Å². The summed E-state index contributed by atoms with van der Waals surface area (Å²) in [5.74, 6) is -7.75. The molecule has 1 heterocycles. The molecule has 4 aromatic rings. The average Bonchev–Trinajstić information content (AvgIpc) is 3.74. The number of carbonyl (C=O) groups excluding carboxylic acids is 8. The summed E-state index contributed by atoms with van der Waals surface area (Å²) in [7, 11) is -5.04. The van der Waals surface area contributed by atoms with Crippen molar-refractivity contribution in [2.24, 2.45) is 5.73 Å². The number of H-pyrrole nitrogens is 1. The molecule has 1 aromatic heterocycles.